The molecule has 8 nitrogen and oxygen atoms in total. The van der Waals surface area contributed by atoms with E-state index in [0.717, 1.165) is 52.9 Å². The molecule has 0 aliphatic heterocycles. The van der Waals surface area contributed by atoms with Gasteiger partial charge in [0, 0.05) is 30.5 Å². The van der Waals surface area contributed by atoms with Gasteiger partial charge in [-0.15, -0.1) is 5.10 Å². The molecule has 0 aliphatic rings. The van der Waals surface area contributed by atoms with Gasteiger partial charge in [0.2, 0.25) is 5.95 Å². The van der Waals surface area contributed by atoms with E-state index in [4.69, 9.17) is 9.47 Å². The summed E-state index contributed by atoms with van der Waals surface area (Å²) in [4.78, 5) is 8.91. The summed E-state index contributed by atoms with van der Waals surface area (Å²) in [7, 11) is 1.66. The highest BCUT2D eigenvalue weighted by Crippen LogP contribution is 2.24. The third kappa shape index (κ3) is 5.56. The zero-order valence-corrected chi connectivity index (χ0v) is 19.4. The lowest BCUT2D eigenvalue weighted by atomic mass is 10.1. The first-order valence-corrected chi connectivity index (χ1v) is 11.4. The van der Waals surface area contributed by atoms with Crippen molar-refractivity contribution in [1.82, 2.24) is 24.9 Å². The van der Waals surface area contributed by atoms with Crippen LogP contribution >= 0.6 is 0 Å². The highest BCUT2D eigenvalue weighted by Gasteiger charge is 2.09. The summed E-state index contributed by atoms with van der Waals surface area (Å²) in [6, 6.07) is 27.5. The predicted molar refractivity (Wildman–Crippen MR) is 136 cm³/mol. The minimum absolute atomic E-state index is 0.526. The maximum atomic E-state index is 5.82. The zero-order chi connectivity index (χ0) is 23.9. The van der Waals surface area contributed by atoms with Gasteiger partial charge >= 0.3 is 0 Å². The lowest BCUT2D eigenvalue weighted by Crippen LogP contribution is -2.21. The highest BCUT2D eigenvalue weighted by molar-refractivity contribution is 5.65. The first kappa shape index (κ1) is 22.4. The molecule has 5 rings (SSSR count). The van der Waals surface area contributed by atoms with E-state index >= 15 is 0 Å². The number of benzene rings is 2. The molecule has 8 heteroatoms. The van der Waals surface area contributed by atoms with Crippen molar-refractivity contribution in [2.24, 2.45) is 0 Å². The fraction of sp³-hybridized carbons (Fsp3) is 0.148. The lowest BCUT2D eigenvalue weighted by Gasteiger charge is -2.08. The van der Waals surface area contributed by atoms with Gasteiger partial charge in [0.1, 0.15) is 18.1 Å². The number of hydrogen-bond acceptors (Lipinski definition) is 7. The van der Waals surface area contributed by atoms with Crippen LogP contribution in [0.15, 0.2) is 91.1 Å². The monoisotopic (exact) mass is 466 g/mol. The summed E-state index contributed by atoms with van der Waals surface area (Å²) in [6.45, 7) is 2.03. The molecule has 0 spiro atoms. The Morgan fingerprint density at radius 1 is 0.857 bits per heavy atom. The fourth-order valence-corrected chi connectivity index (χ4v) is 3.66. The van der Waals surface area contributed by atoms with Gasteiger partial charge in [0.05, 0.1) is 18.5 Å². The van der Waals surface area contributed by atoms with Crippen LogP contribution in [0.2, 0.25) is 0 Å². The predicted octanol–water partition coefficient (Wildman–Crippen LogP) is 4.71. The molecule has 0 saturated heterocycles. The van der Waals surface area contributed by atoms with Gasteiger partial charge in [0.25, 0.3) is 0 Å². The van der Waals surface area contributed by atoms with Crippen molar-refractivity contribution in [2.45, 2.75) is 6.54 Å². The minimum Gasteiger partial charge on any atom is -0.497 e. The van der Waals surface area contributed by atoms with Crippen molar-refractivity contribution >= 4 is 17.3 Å². The van der Waals surface area contributed by atoms with Gasteiger partial charge in [-0.05, 0) is 72.8 Å². The quantitative estimate of drug-likeness (QED) is 0.288. The Morgan fingerprint density at radius 3 is 2.46 bits per heavy atom. The molecule has 0 radical (unpaired) electrons. The van der Waals surface area contributed by atoms with E-state index < -0.39 is 0 Å². The minimum atomic E-state index is 0.526. The lowest BCUT2D eigenvalue weighted by molar-refractivity contribution is 0.313. The van der Waals surface area contributed by atoms with Crippen molar-refractivity contribution in [2.75, 3.05) is 25.6 Å². The van der Waals surface area contributed by atoms with Crippen LogP contribution in [-0.4, -0.2) is 39.8 Å². The fourth-order valence-electron chi connectivity index (χ4n) is 3.66. The molecule has 2 aromatic carbocycles. The van der Waals surface area contributed by atoms with Crippen molar-refractivity contribution in [3.05, 3.63) is 96.8 Å². The maximum absolute atomic E-state index is 5.82. The van der Waals surface area contributed by atoms with E-state index in [-0.39, 0.29) is 0 Å². The van der Waals surface area contributed by atoms with Crippen LogP contribution in [0.25, 0.3) is 16.9 Å². The molecule has 0 atom stereocenters. The first-order valence-electron chi connectivity index (χ1n) is 11.4. The van der Waals surface area contributed by atoms with Crippen LogP contribution in [0.4, 0.5) is 11.6 Å². The SMILES string of the molecule is COc1ccc(-c2cccc3nc(Nc4ccc(OCCNCc5ccccn5)cc4)nn23)cc1. The summed E-state index contributed by atoms with van der Waals surface area (Å²) in [5, 5.41) is 11.3. The van der Waals surface area contributed by atoms with Gasteiger partial charge in [-0.2, -0.15) is 4.98 Å². The van der Waals surface area contributed by atoms with E-state index in [2.05, 4.69) is 25.7 Å². The van der Waals surface area contributed by atoms with Crippen LogP contribution in [0.5, 0.6) is 11.5 Å². The number of nitrogens with zero attached hydrogens (tertiary/aromatic N) is 4. The standard InChI is InChI=1S/C27H26N6O2/c1-34-23-12-8-20(9-13-23)25-6-4-7-26-31-27(32-33(25)26)30-21-10-14-24(15-11-21)35-18-17-28-19-22-5-2-3-16-29-22/h2-16,28H,17-19H2,1H3,(H,30,32). The largest absolute Gasteiger partial charge is 0.497 e. The summed E-state index contributed by atoms with van der Waals surface area (Å²) >= 11 is 0. The molecule has 0 bridgehead atoms. The van der Waals surface area contributed by atoms with Crippen LogP contribution in [0, 0.1) is 0 Å². The van der Waals surface area contributed by atoms with Gasteiger partial charge in [-0.3, -0.25) is 4.98 Å². The van der Waals surface area contributed by atoms with E-state index in [1.54, 1.807) is 13.3 Å². The van der Waals surface area contributed by atoms with Gasteiger partial charge in [-0.25, -0.2) is 4.52 Å². The molecule has 2 N–H and O–H groups in total. The van der Waals surface area contributed by atoms with E-state index in [9.17, 15) is 0 Å². The Bertz CT molecular complexity index is 1370. The number of fused-ring (bicyclic) bond motifs is 1. The third-order valence-corrected chi connectivity index (χ3v) is 5.44. The normalized spacial score (nSPS) is 10.9. The Hall–Kier alpha value is -4.43. The van der Waals surface area contributed by atoms with Crippen molar-refractivity contribution in [3.63, 3.8) is 0 Å². The number of hydrogen-bond donors (Lipinski definition) is 2. The van der Waals surface area contributed by atoms with Crippen LogP contribution < -0.4 is 20.1 Å². The molecule has 5 aromatic rings. The Balaban J connectivity index is 1.18. The smallest absolute Gasteiger partial charge is 0.247 e. The molecule has 0 amide bonds. The van der Waals surface area contributed by atoms with Gasteiger partial charge in [0.15, 0.2) is 5.65 Å². The number of methoxy groups -OCH3 is 1. The summed E-state index contributed by atoms with van der Waals surface area (Å²) in [5.41, 5.74) is 4.64. The number of ether oxygens (including phenoxy) is 2. The molecular weight excluding hydrogens is 440 g/mol. The van der Waals surface area contributed by atoms with Crippen LogP contribution in [-0.2, 0) is 6.54 Å². The summed E-state index contributed by atoms with van der Waals surface area (Å²) < 4.78 is 12.9. The third-order valence-electron chi connectivity index (χ3n) is 5.44. The number of nitrogens with one attached hydrogen (secondary N) is 2. The second-order valence-electron chi connectivity index (χ2n) is 7.84. The van der Waals surface area contributed by atoms with E-state index in [1.807, 2.05) is 89.4 Å². The average Bonchev–Trinajstić information content (AvgIpc) is 3.33. The Kier molecular flexibility index (Phi) is 6.82. The molecule has 176 valence electrons. The molecular formula is C27H26N6O2. The van der Waals surface area contributed by atoms with Crippen molar-refractivity contribution in [3.8, 4) is 22.8 Å². The summed E-state index contributed by atoms with van der Waals surface area (Å²) in [5.74, 6) is 2.15. The molecule has 3 aromatic heterocycles. The van der Waals surface area contributed by atoms with Crippen LogP contribution in [0.3, 0.4) is 0 Å². The van der Waals surface area contributed by atoms with Crippen LogP contribution in [0.1, 0.15) is 5.69 Å². The molecule has 0 aliphatic carbocycles. The second-order valence-corrected chi connectivity index (χ2v) is 7.84. The van der Waals surface area contributed by atoms with Crippen molar-refractivity contribution in [1.29, 1.82) is 0 Å². The molecule has 0 unspecified atom stereocenters. The Morgan fingerprint density at radius 2 is 1.69 bits per heavy atom. The molecule has 0 saturated carbocycles. The number of anilines is 2. The maximum Gasteiger partial charge on any atom is 0.247 e. The highest BCUT2D eigenvalue weighted by atomic mass is 16.5. The van der Waals surface area contributed by atoms with Gasteiger partial charge in [-0.1, -0.05) is 12.1 Å². The average molecular weight is 467 g/mol. The number of rotatable bonds is 10. The van der Waals surface area contributed by atoms with Gasteiger partial charge < -0.3 is 20.1 Å². The zero-order valence-electron chi connectivity index (χ0n) is 19.4. The second kappa shape index (κ2) is 10.7. The topological polar surface area (TPSA) is 85.6 Å². The Labute approximate surface area is 203 Å². The molecule has 3 heterocycles. The first-order chi connectivity index (χ1) is 17.3. The van der Waals surface area contributed by atoms with E-state index in [0.29, 0.717) is 12.6 Å². The number of pyridine rings is 2. The molecule has 0 fully saturated rings. The number of aromatic nitrogens is 4. The summed E-state index contributed by atoms with van der Waals surface area (Å²) in [6.07, 6.45) is 1.80. The van der Waals surface area contributed by atoms with Crippen molar-refractivity contribution < 1.29 is 9.47 Å². The van der Waals surface area contributed by atoms with E-state index in [1.165, 1.54) is 0 Å². The molecule has 35 heavy (non-hydrogen) atoms.